The lowest BCUT2D eigenvalue weighted by Gasteiger charge is -2.20. The van der Waals surface area contributed by atoms with Gasteiger partial charge in [-0.2, -0.15) is 0 Å². The molecule has 1 heterocycles. The van der Waals surface area contributed by atoms with Crippen molar-refractivity contribution in [3.05, 3.63) is 28.2 Å². The molecule has 2 rings (SSSR count). The summed E-state index contributed by atoms with van der Waals surface area (Å²) in [5.74, 6) is -0.431. The molecule has 0 N–H and O–H groups in total. The molecule has 1 atom stereocenters. The summed E-state index contributed by atoms with van der Waals surface area (Å²) in [5, 5.41) is 0. The standard InChI is InChI=1S/C11H11BrINO3S/c1-2-3-10(13)14-11(15)8-6-7(12)4-5-9(8)18(14,16)17/h4-6,10H,2-3H2,1H3. The molecule has 0 saturated heterocycles. The fourth-order valence-corrected chi connectivity index (χ4v) is 5.60. The minimum Gasteiger partial charge on any atom is -0.268 e. The summed E-state index contributed by atoms with van der Waals surface area (Å²) < 4.78 is 26.0. The van der Waals surface area contributed by atoms with Crippen molar-refractivity contribution >= 4 is 54.5 Å². The lowest BCUT2D eigenvalue weighted by molar-refractivity contribution is 0.0864. The molecule has 1 aromatic carbocycles. The van der Waals surface area contributed by atoms with Gasteiger partial charge in [-0.3, -0.25) is 4.79 Å². The van der Waals surface area contributed by atoms with E-state index in [0.717, 1.165) is 10.7 Å². The largest absolute Gasteiger partial charge is 0.270 e. The third kappa shape index (κ3) is 2.20. The molecule has 0 saturated carbocycles. The average molecular weight is 444 g/mol. The van der Waals surface area contributed by atoms with Gasteiger partial charge in [0.15, 0.2) is 0 Å². The lowest BCUT2D eigenvalue weighted by atomic mass is 10.2. The quantitative estimate of drug-likeness (QED) is 0.409. The fraction of sp³-hybridized carbons (Fsp3) is 0.364. The smallest absolute Gasteiger partial charge is 0.268 e. The predicted molar refractivity (Wildman–Crippen MR) is 80.2 cm³/mol. The summed E-state index contributed by atoms with van der Waals surface area (Å²) in [6.45, 7) is 1.96. The van der Waals surface area contributed by atoms with Crippen LogP contribution in [-0.4, -0.2) is 22.7 Å². The van der Waals surface area contributed by atoms with E-state index in [1.54, 1.807) is 12.1 Å². The van der Waals surface area contributed by atoms with E-state index >= 15 is 0 Å². The van der Waals surface area contributed by atoms with Crippen LogP contribution in [0.5, 0.6) is 0 Å². The van der Waals surface area contributed by atoms with Crippen LogP contribution in [0.4, 0.5) is 0 Å². The van der Waals surface area contributed by atoms with Crippen LogP contribution in [0.3, 0.4) is 0 Å². The maximum atomic E-state index is 12.3. The van der Waals surface area contributed by atoms with Crippen LogP contribution in [0.15, 0.2) is 27.6 Å². The first-order valence-electron chi connectivity index (χ1n) is 5.42. The zero-order valence-corrected chi connectivity index (χ0v) is 14.1. The molecule has 0 spiro atoms. The Hall–Kier alpha value is -0.150. The van der Waals surface area contributed by atoms with Crippen molar-refractivity contribution in [2.75, 3.05) is 0 Å². The third-order valence-electron chi connectivity index (χ3n) is 2.69. The summed E-state index contributed by atoms with van der Waals surface area (Å²) in [6, 6.07) is 4.67. The average Bonchev–Trinajstić information content (AvgIpc) is 2.46. The van der Waals surface area contributed by atoms with Crippen LogP contribution in [0.2, 0.25) is 0 Å². The number of nitrogens with zero attached hydrogens (tertiary/aromatic N) is 1. The molecule has 1 unspecified atom stereocenters. The van der Waals surface area contributed by atoms with E-state index in [-0.39, 0.29) is 14.5 Å². The van der Waals surface area contributed by atoms with E-state index in [1.165, 1.54) is 6.07 Å². The van der Waals surface area contributed by atoms with Crippen LogP contribution >= 0.6 is 38.5 Å². The van der Waals surface area contributed by atoms with Crippen LogP contribution in [0, 0.1) is 0 Å². The van der Waals surface area contributed by atoms with Crippen molar-refractivity contribution in [1.82, 2.24) is 4.31 Å². The molecule has 7 heteroatoms. The zero-order chi connectivity index (χ0) is 13.5. The Morgan fingerprint density at radius 1 is 1.44 bits per heavy atom. The SMILES string of the molecule is CCCC(I)N1C(=O)c2cc(Br)ccc2S1(=O)=O. The van der Waals surface area contributed by atoms with Crippen molar-refractivity contribution in [2.45, 2.75) is 28.7 Å². The number of sulfonamides is 1. The molecule has 4 nitrogen and oxygen atoms in total. The molecule has 1 amide bonds. The molecule has 0 aliphatic carbocycles. The topological polar surface area (TPSA) is 54.5 Å². The first-order valence-corrected chi connectivity index (χ1v) is 8.90. The van der Waals surface area contributed by atoms with Gasteiger partial charge >= 0.3 is 0 Å². The highest BCUT2D eigenvalue weighted by atomic mass is 127. The Balaban J connectivity index is 2.54. The second-order valence-electron chi connectivity index (χ2n) is 3.97. The first-order chi connectivity index (χ1) is 8.39. The normalized spacial score (nSPS) is 18.8. The van der Waals surface area contributed by atoms with E-state index in [0.29, 0.717) is 10.9 Å². The Bertz CT molecular complexity index is 602. The highest BCUT2D eigenvalue weighted by molar-refractivity contribution is 14.1. The van der Waals surface area contributed by atoms with Gasteiger partial charge in [-0.25, -0.2) is 12.7 Å². The number of carbonyl (C=O) groups excluding carboxylic acids is 1. The number of alkyl halides is 1. The molecular formula is C11H11BrINO3S. The lowest BCUT2D eigenvalue weighted by Crippen LogP contribution is -2.36. The summed E-state index contributed by atoms with van der Waals surface area (Å²) in [7, 11) is -3.68. The number of benzene rings is 1. The summed E-state index contributed by atoms with van der Waals surface area (Å²) >= 11 is 5.26. The first kappa shape index (κ1) is 14.3. The molecule has 18 heavy (non-hydrogen) atoms. The summed E-state index contributed by atoms with van der Waals surface area (Å²) in [6.07, 6.45) is 1.48. The number of rotatable bonds is 3. The molecule has 0 bridgehead atoms. The van der Waals surface area contributed by atoms with E-state index in [2.05, 4.69) is 15.9 Å². The number of halogens is 2. The number of hydrogen-bond donors (Lipinski definition) is 0. The molecule has 0 aromatic heterocycles. The highest BCUT2D eigenvalue weighted by Gasteiger charge is 2.44. The second-order valence-corrected chi connectivity index (χ2v) is 8.11. The number of carbonyl (C=O) groups is 1. The highest BCUT2D eigenvalue weighted by Crippen LogP contribution is 2.36. The van der Waals surface area contributed by atoms with E-state index in [4.69, 9.17) is 0 Å². The van der Waals surface area contributed by atoms with Gasteiger partial charge < -0.3 is 0 Å². The van der Waals surface area contributed by atoms with Crippen LogP contribution in [0.1, 0.15) is 30.1 Å². The Morgan fingerprint density at radius 3 is 2.72 bits per heavy atom. The van der Waals surface area contributed by atoms with Gasteiger partial charge in [0.05, 0.1) is 9.61 Å². The van der Waals surface area contributed by atoms with Crippen molar-refractivity contribution in [2.24, 2.45) is 0 Å². The van der Waals surface area contributed by atoms with Gasteiger partial charge in [0.1, 0.15) is 4.90 Å². The van der Waals surface area contributed by atoms with Gasteiger partial charge in [-0.1, -0.05) is 51.9 Å². The van der Waals surface area contributed by atoms with Crippen molar-refractivity contribution in [3.63, 3.8) is 0 Å². The summed E-state index contributed by atoms with van der Waals surface area (Å²) in [5.41, 5.74) is 0.252. The molecule has 0 fully saturated rings. The maximum Gasteiger partial charge on any atom is 0.270 e. The molecule has 1 aliphatic rings. The molecular weight excluding hydrogens is 433 g/mol. The van der Waals surface area contributed by atoms with E-state index in [9.17, 15) is 13.2 Å². The van der Waals surface area contributed by atoms with Crippen molar-refractivity contribution in [1.29, 1.82) is 0 Å². The van der Waals surface area contributed by atoms with Gasteiger partial charge in [-0.15, -0.1) is 0 Å². The van der Waals surface area contributed by atoms with Crippen LogP contribution in [-0.2, 0) is 10.0 Å². The van der Waals surface area contributed by atoms with Gasteiger partial charge in [-0.05, 0) is 24.6 Å². The van der Waals surface area contributed by atoms with E-state index in [1.807, 2.05) is 29.5 Å². The maximum absolute atomic E-state index is 12.3. The predicted octanol–water partition coefficient (Wildman–Crippen LogP) is 3.15. The summed E-state index contributed by atoms with van der Waals surface area (Å²) in [4.78, 5) is 12.3. The molecule has 1 aliphatic heterocycles. The van der Waals surface area contributed by atoms with Crippen LogP contribution < -0.4 is 0 Å². The minimum absolute atomic E-state index is 0.105. The number of hydrogen-bond acceptors (Lipinski definition) is 3. The van der Waals surface area contributed by atoms with Gasteiger partial charge in [0.25, 0.3) is 15.9 Å². The van der Waals surface area contributed by atoms with Crippen molar-refractivity contribution in [3.8, 4) is 0 Å². The Morgan fingerprint density at radius 2 is 2.11 bits per heavy atom. The van der Waals surface area contributed by atoms with Crippen LogP contribution in [0.25, 0.3) is 0 Å². The second kappa shape index (κ2) is 5.09. The zero-order valence-electron chi connectivity index (χ0n) is 9.56. The van der Waals surface area contributed by atoms with E-state index < -0.39 is 15.9 Å². The third-order valence-corrected chi connectivity index (χ3v) is 6.59. The Kier molecular flexibility index (Phi) is 4.03. The van der Waals surface area contributed by atoms with Crippen molar-refractivity contribution < 1.29 is 13.2 Å². The van der Waals surface area contributed by atoms with Gasteiger partial charge in [0, 0.05) is 4.47 Å². The molecule has 98 valence electrons. The minimum atomic E-state index is -3.68. The number of amides is 1. The number of fused-ring (bicyclic) bond motifs is 1. The van der Waals surface area contributed by atoms with Gasteiger partial charge in [0.2, 0.25) is 0 Å². The monoisotopic (exact) mass is 443 g/mol. The molecule has 1 aromatic rings. The molecule has 0 radical (unpaired) electrons. The fourth-order valence-electron chi connectivity index (χ4n) is 1.86. The Labute approximate surface area is 128 Å².